The van der Waals surface area contributed by atoms with Crippen molar-refractivity contribution in [1.29, 1.82) is 0 Å². The van der Waals surface area contributed by atoms with Crippen molar-refractivity contribution in [2.24, 2.45) is 11.3 Å². The van der Waals surface area contributed by atoms with Crippen LogP contribution in [-0.4, -0.2) is 11.6 Å². The van der Waals surface area contributed by atoms with Gasteiger partial charge in [0, 0.05) is 12.8 Å². The van der Waals surface area contributed by atoms with Gasteiger partial charge in [-0.05, 0) is 19.3 Å². The van der Waals surface area contributed by atoms with Crippen LogP contribution in [0, 0.1) is 11.3 Å². The molecule has 1 saturated carbocycles. The van der Waals surface area contributed by atoms with E-state index in [4.69, 9.17) is 0 Å². The third-order valence-electron chi connectivity index (χ3n) is 3.13. The largest absolute Gasteiger partial charge is 0.300 e. The van der Waals surface area contributed by atoms with Crippen LogP contribution >= 0.6 is 0 Å². The van der Waals surface area contributed by atoms with E-state index in [2.05, 4.69) is 6.08 Å². The molecule has 14 heavy (non-hydrogen) atoms. The Bertz CT molecular complexity index is 338. The second-order valence-corrected chi connectivity index (χ2v) is 4.22. The normalized spacial score (nSPS) is 32.5. The van der Waals surface area contributed by atoms with E-state index in [-0.39, 0.29) is 17.0 Å². The Labute approximate surface area is 83.7 Å². The van der Waals surface area contributed by atoms with Crippen LogP contribution in [0.5, 0.6) is 0 Å². The smallest absolute Gasteiger partial charge is 0.143 e. The molecule has 2 rings (SSSR count). The summed E-state index contributed by atoms with van der Waals surface area (Å²) in [4.78, 5) is 22.6. The zero-order valence-corrected chi connectivity index (χ0v) is 8.32. The van der Waals surface area contributed by atoms with Gasteiger partial charge in [-0.15, -0.1) is 0 Å². The van der Waals surface area contributed by atoms with Crippen molar-refractivity contribution in [3.8, 4) is 0 Å². The van der Waals surface area contributed by atoms with E-state index in [1.165, 1.54) is 6.92 Å². The molecule has 74 valence electrons. The predicted octanol–water partition coefficient (Wildman–Crippen LogP) is 2.06. The first-order valence-corrected chi connectivity index (χ1v) is 5.04. The minimum absolute atomic E-state index is 0.0993. The van der Waals surface area contributed by atoms with Crippen molar-refractivity contribution < 1.29 is 9.59 Å². The lowest BCUT2D eigenvalue weighted by Crippen LogP contribution is -2.17. The number of ketones is 2. The summed E-state index contributed by atoms with van der Waals surface area (Å²) in [5.41, 5.74) is -0.218. The van der Waals surface area contributed by atoms with E-state index in [1.807, 2.05) is 18.2 Å². The first kappa shape index (κ1) is 9.38. The van der Waals surface area contributed by atoms with Gasteiger partial charge < -0.3 is 4.79 Å². The molecule has 2 nitrogen and oxygen atoms in total. The van der Waals surface area contributed by atoms with Gasteiger partial charge in [0.05, 0.1) is 5.41 Å². The van der Waals surface area contributed by atoms with Crippen molar-refractivity contribution in [1.82, 2.24) is 0 Å². The molecule has 0 amide bonds. The van der Waals surface area contributed by atoms with Gasteiger partial charge in [-0.3, -0.25) is 4.79 Å². The van der Waals surface area contributed by atoms with Crippen LogP contribution in [0.25, 0.3) is 0 Å². The maximum atomic E-state index is 11.8. The maximum Gasteiger partial charge on any atom is 0.143 e. The molecular formula is C12H14O2. The summed E-state index contributed by atoms with van der Waals surface area (Å²) in [7, 11) is 0. The molecule has 0 bridgehead atoms. The average molecular weight is 190 g/mol. The molecule has 2 aliphatic carbocycles. The summed E-state index contributed by atoms with van der Waals surface area (Å²) in [5.74, 6) is 0.743. The van der Waals surface area contributed by atoms with Crippen molar-refractivity contribution in [2.75, 3.05) is 0 Å². The van der Waals surface area contributed by atoms with Gasteiger partial charge in [-0.25, -0.2) is 0 Å². The fourth-order valence-electron chi connectivity index (χ4n) is 2.10. The fourth-order valence-corrected chi connectivity index (χ4v) is 2.10. The molecule has 0 radical (unpaired) electrons. The number of Topliss-reactive ketones (excluding diaryl/α,β-unsaturated/α-hetero) is 2. The van der Waals surface area contributed by atoms with E-state index >= 15 is 0 Å². The quantitative estimate of drug-likeness (QED) is 0.680. The molecule has 0 aliphatic heterocycles. The molecule has 0 spiro atoms. The number of carbonyl (C=O) groups excluding carboxylic acids is 2. The molecule has 2 unspecified atom stereocenters. The first-order chi connectivity index (χ1) is 6.65. The van der Waals surface area contributed by atoms with Gasteiger partial charge in [0.2, 0.25) is 0 Å². The summed E-state index contributed by atoms with van der Waals surface area (Å²) in [6, 6.07) is 0. The van der Waals surface area contributed by atoms with Crippen LogP contribution in [0.3, 0.4) is 0 Å². The number of hydrogen-bond acceptors (Lipinski definition) is 2. The van der Waals surface area contributed by atoms with Crippen LogP contribution < -0.4 is 0 Å². The molecule has 2 aliphatic rings. The molecule has 1 fully saturated rings. The second kappa shape index (κ2) is 3.19. The van der Waals surface area contributed by atoms with Crippen LogP contribution in [0.2, 0.25) is 0 Å². The van der Waals surface area contributed by atoms with Crippen molar-refractivity contribution >= 4 is 11.6 Å². The third kappa shape index (κ3) is 1.45. The maximum absolute atomic E-state index is 11.8. The summed E-state index contributed by atoms with van der Waals surface area (Å²) in [5, 5.41) is 0. The first-order valence-electron chi connectivity index (χ1n) is 5.04. The summed E-state index contributed by atoms with van der Waals surface area (Å²) >= 11 is 0. The summed E-state index contributed by atoms with van der Waals surface area (Å²) in [6.45, 7) is 1.53. The molecule has 0 N–H and O–H groups in total. The van der Waals surface area contributed by atoms with Crippen LogP contribution in [0.4, 0.5) is 0 Å². The minimum atomic E-state index is -0.218. The van der Waals surface area contributed by atoms with Gasteiger partial charge in [-0.1, -0.05) is 24.3 Å². The van der Waals surface area contributed by atoms with Crippen molar-refractivity contribution in [3.05, 3.63) is 24.3 Å². The van der Waals surface area contributed by atoms with Crippen molar-refractivity contribution in [2.45, 2.75) is 26.2 Å². The molecule has 2 heteroatoms. The Hall–Kier alpha value is -1.18. The number of rotatable bonds is 4. The van der Waals surface area contributed by atoms with Crippen LogP contribution in [0.15, 0.2) is 24.3 Å². The molecule has 0 aromatic rings. The Balaban J connectivity index is 1.97. The highest BCUT2D eigenvalue weighted by molar-refractivity contribution is 5.93. The number of fused-ring (bicyclic) bond motifs is 1. The van der Waals surface area contributed by atoms with Gasteiger partial charge in [0.15, 0.2) is 0 Å². The molecule has 2 atom stereocenters. The topological polar surface area (TPSA) is 34.1 Å². The lowest BCUT2D eigenvalue weighted by Gasteiger charge is -2.11. The minimum Gasteiger partial charge on any atom is -0.300 e. The Morgan fingerprint density at radius 3 is 2.79 bits per heavy atom. The molecule has 0 aromatic carbocycles. The van der Waals surface area contributed by atoms with E-state index in [0.717, 1.165) is 6.42 Å². The third-order valence-corrected chi connectivity index (χ3v) is 3.13. The molecule has 0 saturated heterocycles. The molecule has 0 aromatic heterocycles. The zero-order valence-electron chi connectivity index (χ0n) is 8.32. The highest BCUT2D eigenvalue weighted by atomic mass is 16.1. The predicted molar refractivity (Wildman–Crippen MR) is 53.7 cm³/mol. The average Bonchev–Trinajstić information content (AvgIpc) is 2.89. The molecular weight excluding hydrogens is 176 g/mol. The van der Waals surface area contributed by atoms with Gasteiger partial charge >= 0.3 is 0 Å². The zero-order chi connectivity index (χ0) is 10.2. The van der Waals surface area contributed by atoms with E-state index < -0.39 is 0 Å². The van der Waals surface area contributed by atoms with Crippen LogP contribution in [0.1, 0.15) is 26.2 Å². The number of hydrogen-bond donors (Lipinski definition) is 0. The standard InChI is InChI=1S/C12H14O2/c1-9(13)5-6-11(14)12-7-3-2-4-10(12)8-12/h2-4,7,10H,5-6,8H2,1H3. The second-order valence-electron chi connectivity index (χ2n) is 4.22. The highest BCUT2D eigenvalue weighted by Gasteiger charge is 2.56. The van der Waals surface area contributed by atoms with E-state index in [0.29, 0.717) is 18.8 Å². The van der Waals surface area contributed by atoms with Gasteiger partial charge in [-0.2, -0.15) is 0 Å². The fraction of sp³-hybridized carbons (Fsp3) is 0.500. The van der Waals surface area contributed by atoms with E-state index in [1.54, 1.807) is 0 Å². The van der Waals surface area contributed by atoms with Crippen LogP contribution in [-0.2, 0) is 9.59 Å². The number of allylic oxidation sites excluding steroid dienone is 4. The highest BCUT2D eigenvalue weighted by Crippen LogP contribution is 2.57. The Morgan fingerprint density at radius 1 is 1.36 bits per heavy atom. The monoisotopic (exact) mass is 190 g/mol. The lowest BCUT2D eigenvalue weighted by atomic mass is 9.91. The van der Waals surface area contributed by atoms with E-state index in [9.17, 15) is 9.59 Å². The Morgan fingerprint density at radius 2 is 2.14 bits per heavy atom. The van der Waals surface area contributed by atoms with Crippen molar-refractivity contribution in [3.63, 3.8) is 0 Å². The van der Waals surface area contributed by atoms with Gasteiger partial charge in [0.1, 0.15) is 11.6 Å². The lowest BCUT2D eigenvalue weighted by molar-refractivity contribution is -0.125. The summed E-state index contributed by atoms with van der Waals surface area (Å²) < 4.78 is 0. The Kier molecular flexibility index (Phi) is 2.14. The SMILES string of the molecule is CC(=O)CCC(=O)C12C=CC=CC1C2. The number of carbonyl (C=O) groups is 2. The molecule has 0 heterocycles. The summed E-state index contributed by atoms with van der Waals surface area (Å²) in [6.07, 6.45) is 9.76. The van der Waals surface area contributed by atoms with Gasteiger partial charge in [0.25, 0.3) is 0 Å².